The van der Waals surface area contributed by atoms with E-state index in [2.05, 4.69) is 18.7 Å². The van der Waals surface area contributed by atoms with Crippen molar-refractivity contribution in [3.8, 4) is 0 Å². The maximum absolute atomic E-state index is 10.9. The maximum atomic E-state index is 10.9. The second-order valence-corrected chi connectivity index (χ2v) is 4.92. The number of nitrogen functional groups attached to an aromatic ring is 1. The molecule has 17 heavy (non-hydrogen) atoms. The Morgan fingerprint density at radius 2 is 2.18 bits per heavy atom. The van der Waals surface area contributed by atoms with Crippen LogP contribution in [0.4, 0.5) is 11.4 Å². The minimum Gasteiger partial charge on any atom is -0.478 e. The Bertz CT molecular complexity index is 445. The molecule has 1 aromatic rings. The van der Waals surface area contributed by atoms with Crippen molar-refractivity contribution < 1.29 is 9.90 Å². The summed E-state index contributed by atoms with van der Waals surface area (Å²) in [5.41, 5.74) is 7.29. The number of anilines is 2. The normalized spacial score (nSPS) is 24.0. The van der Waals surface area contributed by atoms with Crippen molar-refractivity contribution in [2.24, 2.45) is 5.92 Å². The molecule has 4 heteroatoms. The average Bonchev–Trinajstić information content (AvgIpc) is 2.57. The zero-order chi connectivity index (χ0) is 12.6. The number of carbonyl (C=O) groups is 1. The maximum Gasteiger partial charge on any atom is 0.337 e. The van der Waals surface area contributed by atoms with Crippen molar-refractivity contribution in [2.75, 3.05) is 17.2 Å². The Hall–Kier alpha value is -1.71. The zero-order valence-electron chi connectivity index (χ0n) is 10.2. The molecule has 1 aromatic carbocycles. The molecule has 92 valence electrons. The SMILES string of the molecule is CC1CC(C)N(c2ccc(C(=O)O)c(N)c2)C1. The van der Waals surface area contributed by atoms with Crippen LogP contribution in [0, 0.1) is 5.92 Å². The van der Waals surface area contributed by atoms with E-state index >= 15 is 0 Å². The van der Waals surface area contributed by atoms with Gasteiger partial charge in [0.1, 0.15) is 0 Å². The first-order valence-electron chi connectivity index (χ1n) is 5.88. The van der Waals surface area contributed by atoms with Crippen LogP contribution in [0.3, 0.4) is 0 Å². The first-order valence-corrected chi connectivity index (χ1v) is 5.88. The van der Waals surface area contributed by atoms with Crippen LogP contribution < -0.4 is 10.6 Å². The third-order valence-corrected chi connectivity index (χ3v) is 3.38. The monoisotopic (exact) mass is 234 g/mol. The number of benzene rings is 1. The lowest BCUT2D eigenvalue weighted by molar-refractivity contribution is 0.0698. The van der Waals surface area contributed by atoms with Gasteiger partial charge in [-0.25, -0.2) is 4.79 Å². The minimum atomic E-state index is -0.975. The van der Waals surface area contributed by atoms with Gasteiger partial charge >= 0.3 is 5.97 Å². The molecule has 0 saturated carbocycles. The lowest BCUT2D eigenvalue weighted by atomic mass is 10.1. The van der Waals surface area contributed by atoms with Crippen molar-refractivity contribution in [3.05, 3.63) is 23.8 Å². The highest BCUT2D eigenvalue weighted by Crippen LogP contribution is 2.30. The van der Waals surface area contributed by atoms with E-state index in [-0.39, 0.29) is 5.56 Å². The van der Waals surface area contributed by atoms with Gasteiger partial charge in [-0.15, -0.1) is 0 Å². The van der Waals surface area contributed by atoms with Gasteiger partial charge in [0, 0.05) is 24.0 Å². The van der Waals surface area contributed by atoms with Crippen molar-refractivity contribution in [1.29, 1.82) is 0 Å². The van der Waals surface area contributed by atoms with Gasteiger partial charge in [0.15, 0.2) is 0 Å². The van der Waals surface area contributed by atoms with Crippen molar-refractivity contribution >= 4 is 17.3 Å². The summed E-state index contributed by atoms with van der Waals surface area (Å²) < 4.78 is 0. The van der Waals surface area contributed by atoms with Crippen LogP contribution in [0.1, 0.15) is 30.6 Å². The van der Waals surface area contributed by atoms with Crippen LogP contribution in [-0.2, 0) is 0 Å². The van der Waals surface area contributed by atoms with Crippen LogP contribution in [0.5, 0.6) is 0 Å². The van der Waals surface area contributed by atoms with Crippen molar-refractivity contribution in [2.45, 2.75) is 26.3 Å². The molecule has 1 aliphatic rings. The molecule has 2 atom stereocenters. The summed E-state index contributed by atoms with van der Waals surface area (Å²) in [5.74, 6) is -0.303. The highest BCUT2D eigenvalue weighted by Gasteiger charge is 2.26. The first kappa shape index (κ1) is 11.8. The first-order chi connectivity index (χ1) is 7.99. The fourth-order valence-corrected chi connectivity index (χ4v) is 2.58. The van der Waals surface area contributed by atoms with Crippen LogP contribution in [0.15, 0.2) is 18.2 Å². The summed E-state index contributed by atoms with van der Waals surface area (Å²) in [4.78, 5) is 13.2. The van der Waals surface area contributed by atoms with Crippen LogP contribution in [0.2, 0.25) is 0 Å². The van der Waals surface area contributed by atoms with Gasteiger partial charge in [-0.05, 0) is 37.5 Å². The highest BCUT2D eigenvalue weighted by molar-refractivity contribution is 5.94. The summed E-state index contributed by atoms with van der Waals surface area (Å²) in [5, 5.41) is 8.92. The summed E-state index contributed by atoms with van der Waals surface area (Å²) >= 11 is 0. The van der Waals surface area contributed by atoms with E-state index < -0.39 is 5.97 Å². The number of hydrogen-bond acceptors (Lipinski definition) is 3. The Kier molecular flexibility index (Phi) is 2.96. The van der Waals surface area contributed by atoms with E-state index in [9.17, 15) is 4.79 Å². The average molecular weight is 234 g/mol. The molecule has 0 amide bonds. The topological polar surface area (TPSA) is 66.6 Å². The van der Waals surface area contributed by atoms with E-state index in [1.165, 1.54) is 6.42 Å². The largest absolute Gasteiger partial charge is 0.478 e. The number of hydrogen-bond donors (Lipinski definition) is 2. The molecule has 0 bridgehead atoms. The smallest absolute Gasteiger partial charge is 0.337 e. The number of aromatic carboxylic acids is 1. The molecule has 3 N–H and O–H groups in total. The Labute approximate surface area is 101 Å². The second-order valence-electron chi connectivity index (χ2n) is 4.92. The third kappa shape index (κ3) is 2.20. The Balaban J connectivity index is 2.29. The van der Waals surface area contributed by atoms with Gasteiger partial charge in [0.05, 0.1) is 5.56 Å². The second kappa shape index (κ2) is 4.28. The van der Waals surface area contributed by atoms with E-state index in [1.54, 1.807) is 12.1 Å². The standard InChI is InChI=1S/C13H18N2O2/c1-8-5-9(2)15(7-8)10-3-4-11(13(16)17)12(14)6-10/h3-4,6,8-9H,5,7,14H2,1-2H3,(H,16,17). The molecule has 1 fully saturated rings. The molecule has 1 aliphatic heterocycles. The van der Waals surface area contributed by atoms with Crippen molar-refractivity contribution in [3.63, 3.8) is 0 Å². The van der Waals surface area contributed by atoms with Crippen LogP contribution in [-0.4, -0.2) is 23.7 Å². The van der Waals surface area contributed by atoms with Gasteiger partial charge in [0.2, 0.25) is 0 Å². The molecule has 2 rings (SSSR count). The minimum absolute atomic E-state index is 0.175. The molecule has 1 saturated heterocycles. The lowest BCUT2D eigenvalue weighted by Crippen LogP contribution is -2.26. The molecule has 0 aliphatic carbocycles. The summed E-state index contributed by atoms with van der Waals surface area (Å²) in [6, 6.07) is 5.68. The quantitative estimate of drug-likeness (QED) is 0.770. The zero-order valence-corrected chi connectivity index (χ0v) is 10.2. The molecule has 0 spiro atoms. The van der Waals surface area contributed by atoms with E-state index in [1.807, 2.05) is 6.07 Å². The summed E-state index contributed by atoms with van der Waals surface area (Å²) in [6.45, 7) is 5.42. The summed E-state index contributed by atoms with van der Waals surface area (Å²) in [6.07, 6.45) is 1.17. The molecule has 0 radical (unpaired) electrons. The number of nitrogens with two attached hydrogens (primary N) is 1. The van der Waals surface area contributed by atoms with Crippen molar-refractivity contribution in [1.82, 2.24) is 0 Å². The molecular formula is C13H18N2O2. The fraction of sp³-hybridized carbons (Fsp3) is 0.462. The lowest BCUT2D eigenvalue weighted by Gasteiger charge is -2.24. The third-order valence-electron chi connectivity index (χ3n) is 3.38. The molecular weight excluding hydrogens is 216 g/mol. The number of carboxylic acids is 1. The molecule has 2 unspecified atom stereocenters. The van der Waals surface area contributed by atoms with E-state index in [4.69, 9.17) is 10.8 Å². The molecule has 1 heterocycles. The van der Waals surface area contributed by atoms with Crippen LogP contribution in [0.25, 0.3) is 0 Å². The van der Waals surface area contributed by atoms with Gasteiger partial charge in [-0.3, -0.25) is 0 Å². The summed E-state index contributed by atoms with van der Waals surface area (Å²) in [7, 11) is 0. The van der Waals surface area contributed by atoms with Gasteiger partial charge in [-0.2, -0.15) is 0 Å². The molecule has 0 aromatic heterocycles. The number of nitrogens with zero attached hydrogens (tertiary/aromatic N) is 1. The highest BCUT2D eigenvalue weighted by atomic mass is 16.4. The van der Waals surface area contributed by atoms with Crippen LogP contribution >= 0.6 is 0 Å². The fourth-order valence-electron chi connectivity index (χ4n) is 2.58. The Morgan fingerprint density at radius 3 is 2.65 bits per heavy atom. The van der Waals surface area contributed by atoms with Gasteiger partial charge < -0.3 is 15.7 Å². The predicted octanol–water partition coefficient (Wildman–Crippen LogP) is 2.20. The number of carboxylic acid groups (broad SMARTS) is 1. The van der Waals surface area contributed by atoms with Gasteiger partial charge in [-0.1, -0.05) is 6.92 Å². The number of rotatable bonds is 2. The van der Waals surface area contributed by atoms with E-state index in [0.717, 1.165) is 12.2 Å². The van der Waals surface area contributed by atoms with Gasteiger partial charge in [0.25, 0.3) is 0 Å². The van der Waals surface area contributed by atoms with E-state index in [0.29, 0.717) is 17.6 Å². The Morgan fingerprint density at radius 1 is 1.47 bits per heavy atom. The predicted molar refractivity (Wildman–Crippen MR) is 68.4 cm³/mol. The molecule has 4 nitrogen and oxygen atoms in total.